The van der Waals surface area contributed by atoms with Gasteiger partial charge in [0, 0.05) is 18.9 Å². The molecule has 0 bridgehead atoms. The number of nitrogens with zero attached hydrogens (tertiary/aromatic N) is 1. The molecule has 0 aromatic rings. The number of ether oxygens (including phenoxy) is 1. The molecule has 0 saturated carbocycles. The molecule has 5 unspecified atom stereocenters. The maximum atomic E-state index is 10.9. The Hall–Kier alpha value is -1.44. The lowest BCUT2D eigenvalue weighted by Crippen LogP contribution is -2.58. The first-order chi connectivity index (χ1) is 11.6. The molecular weight excluding hydrogens is 322 g/mol. The minimum absolute atomic E-state index is 0.0681. The van der Waals surface area contributed by atoms with Gasteiger partial charge in [0.1, 0.15) is 17.4 Å². The predicted octanol–water partition coefficient (Wildman–Crippen LogP) is 1.79. The molecule has 2 rings (SSSR count). The van der Waals surface area contributed by atoms with E-state index in [1.54, 1.807) is 13.8 Å². The number of rotatable bonds is 6. The van der Waals surface area contributed by atoms with Crippen LogP contribution in [0.5, 0.6) is 0 Å². The van der Waals surface area contributed by atoms with Crippen LogP contribution in [0.3, 0.4) is 0 Å². The van der Waals surface area contributed by atoms with Crippen LogP contribution in [0.15, 0.2) is 17.4 Å². The van der Waals surface area contributed by atoms with Crippen molar-refractivity contribution in [1.29, 1.82) is 5.41 Å². The van der Waals surface area contributed by atoms with Crippen molar-refractivity contribution in [2.45, 2.75) is 71.5 Å². The molecule has 0 radical (unpaired) electrons. The lowest BCUT2D eigenvalue weighted by Gasteiger charge is -2.43. The lowest BCUT2D eigenvalue weighted by molar-refractivity contribution is -0.0451. The van der Waals surface area contributed by atoms with E-state index >= 15 is 0 Å². The Morgan fingerprint density at radius 1 is 1.48 bits per heavy atom. The first-order valence-corrected chi connectivity index (χ1v) is 8.84. The Morgan fingerprint density at radius 2 is 2.16 bits per heavy atom. The van der Waals surface area contributed by atoms with Gasteiger partial charge in [-0.05, 0) is 31.9 Å². The van der Waals surface area contributed by atoms with Crippen molar-refractivity contribution in [3.63, 3.8) is 0 Å². The van der Waals surface area contributed by atoms with Crippen molar-refractivity contribution in [2.24, 2.45) is 16.5 Å². The largest absolute Gasteiger partial charge is 0.392 e. The molecule has 142 valence electrons. The number of nitrogens with one attached hydrogen (secondary N) is 2. The zero-order valence-electron chi connectivity index (χ0n) is 15.7. The van der Waals surface area contributed by atoms with Crippen LogP contribution in [-0.2, 0) is 9.57 Å². The van der Waals surface area contributed by atoms with Crippen LogP contribution in [-0.4, -0.2) is 52.3 Å². The Labute approximate surface area is 149 Å². The Balaban J connectivity index is 2.13. The van der Waals surface area contributed by atoms with Crippen LogP contribution in [0.2, 0.25) is 0 Å². The lowest BCUT2D eigenvalue weighted by atomic mass is 9.69. The molecule has 2 heterocycles. The number of aliphatic hydroxyl groups excluding tert-OH is 1. The van der Waals surface area contributed by atoms with Crippen LogP contribution in [0, 0.1) is 16.7 Å². The second kappa shape index (κ2) is 7.43. The highest BCUT2D eigenvalue weighted by atomic mass is 16.7. The molecule has 2 aliphatic rings. The third-order valence-corrected chi connectivity index (χ3v) is 5.33. The van der Waals surface area contributed by atoms with Gasteiger partial charge in [-0.25, -0.2) is 0 Å². The standard InChI is InChI=1S/C18H31N3O4/c1-6-24-16(22)12-10-13(25-21-12)11-8-7-9-20-14(11)15(19)18(5,23)17(2,3)4/h7,9,11,13-14,16,19-20,22-23H,6,8,10H2,1-5H3. The van der Waals surface area contributed by atoms with E-state index in [1.807, 2.05) is 33.0 Å². The van der Waals surface area contributed by atoms with Gasteiger partial charge in [-0.2, -0.15) is 0 Å². The molecule has 2 aliphatic heterocycles. The normalized spacial score (nSPS) is 30.0. The minimum Gasteiger partial charge on any atom is -0.392 e. The zero-order chi connectivity index (χ0) is 18.8. The van der Waals surface area contributed by atoms with Crippen LogP contribution >= 0.6 is 0 Å². The third kappa shape index (κ3) is 4.04. The van der Waals surface area contributed by atoms with Crippen molar-refractivity contribution in [1.82, 2.24) is 5.32 Å². The van der Waals surface area contributed by atoms with Gasteiger partial charge in [-0.1, -0.05) is 32.0 Å². The van der Waals surface area contributed by atoms with E-state index in [2.05, 4.69) is 10.5 Å². The minimum atomic E-state index is -1.26. The Kier molecular flexibility index (Phi) is 5.91. The van der Waals surface area contributed by atoms with E-state index in [0.717, 1.165) is 0 Å². The topological polar surface area (TPSA) is 107 Å². The summed E-state index contributed by atoms with van der Waals surface area (Å²) in [6.45, 7) is 9.63. The molecule has 5 atom stereocenters. The van der Waals surface area contributed by atoms with Crippen LogP contribution in [0.4, 0.5) is 0 Å². The van der Waals surface area contributed by atoms with Gasteiger partial charge in [0.15, 0.2) is 6.29 Å². The first kappa shape index (κ1) is 19.9. The van der Waals surface area contributed by atoms with E-state index < -0.39 is 17.3 Å². The maximum absolute atomic E-state index is 10.9. The van der Waals surface area contributed by atoms with Gasteiger partial charge < -0.3 is 30.5 Å². The van der Waals surface area contributed by atoms with E-state index in [1.165, 1.54) is 0 Å². The molecule has 7 nitrogen and oxygen atoms in total. The third-order valence-electron chi connectivity index (χ3n) is 5.33. The van der Waals surface area contributed by atoms with E-state index in [0.29, 0.717) is 25.2 Å². The Bertz CT molecular complexity index is 551. The van der Waals surface area contributed by atoms with E-state index in [9.17, 15) is 10.2 Å². The number of aliphatic hydroxyl groups is 2. The van der Waals surface area contributed by atoms with Crippen molar-refractivity contribution in [3.05, 3.63) is 12.3 Å². The van der Waals surface area contributed by atoms with Crippen LogP contribution < -0.4 is 5.32 Å². The second-order valence-corrected chi connectivity index (χ2v) is 7.92. The first-order valence-electron chi connectivity index (χ1n) is 8.84. The van der Waals surface area contributed by atoms with Gasteiger partial charge in [-0.3, -0.25) is 0 Å². The highest BCUT2D eigenvalue weighted by Crippen LogP contribution is 2.36. The number of hydrogen-bond acceptors (Lipinski definition) is 7. The van der Waals surface area contributed by atoms with Crippen molar-refractivity contribution >= 4 is 11.4 Å². The zero-order valence-corrected chi connectivity index (χ0v) is 15.7. The van der Waals surface area contributed by atoms with Gasteiger partial charge in [0.25, 0.3) is 0 Å². The van der Waals surface area contributed by atoms with Gasteiger partial charge >= 0.3 is 0 Å². The summed E-state index contributed by atoms with van der Waals surface area (Å²) in [6, 6.07) is -0.358. The smallest absolute Gasteiger partial charge is 0.198 e. The highest BCUT2D eigenvalue weighted by molar-refractivity contribution is 5.95. The summed E-state index contributed by atoms with van der Waals surface area (Å²) >= 11 is 0. The number of oxime groups is 1. The summed E-state index contributed by atoms with van der Waals surface area (Å²) in [7, 11) is 0. The van der Waals surface area contributed by atoms with Gasteiger partial charge in [0.2, 0.25) is 0 Å². The van der Waals surface area contributed by atoms with Crippen molar-refractivity contribution < 1.29 is 19.8 Å². The van der Waals surface area contributed by atoms with Crippen LogP contribution in [0.1, 0.15) is 47.5 Å². The molecule has 0 aromatic carbocycles. The molecule has 25 heavy (non-hydrogen) atoms. The monoisotopic (exact) mass is 353 g/mol. The SMILES string of the molecule is CCOC(O)C1=NOC(C2CC=CNC2C(=N)C(C)(O)C(C)(C)C)C1. The number of allylic oxidation sites excluding steroid dienone is 1. The number of hydrogen-bond donors (Lipinski definition) is 4. The van der Waals surface area contributed by atoms with Crippen molar-refractivity contribution in [2.75, 3.05) is 6.61 Å². The fraction of sp³-hybridized carbons (Fsp3) is 0.778. The molecule has 4 N–H and O–H groups in total. The summed E-state index contributed by atoms with van der Waals surface area (Å²) in [5, 5.41) is 36.7. The average molecular weight is 353 g/mol. The molecule has 7 heteroatoms. The summed E-state index contributed by atoms with van der Waals surface area (Å²) in [5.41, 5.74) is -1.03. The molecule has 0 fully saturated rings. The Morgan fingerprint density at radius 3 is 2.76 bits per heavy atom. The van der Waals surface area contributed by atoms with Gasteiger partial charge in [0.05, 0.1) is 11.8 Å². The molecule has 0 aliphatic carbocycles. The average Bonchev–Trinajstić information content (AvgIpc) is 3.03. The summed E-state index contributed by atoms with van der Waals surface area (Å²) < 4.78 is 5.17. The quantitative estimate of drug-likeness (QED) is 0.430. The summed E-state index contributed by atoms with van der Waals surface area (Å²) in [6.07, 6.45) is 3.63. The van der Waals surface area contributed by atoms with E-state index in [4.69, 9.17) is 15.0 Å². The fourth-order valence-corrected chi connectivity index (χ4v) is 3.07. The molecule has 0 aromatic heterocycles. The fourth-order valence-electron chi connectivity index (χ4n) is 3.07. The van der Waals surface area contributed by atoms with Crippen LogP contribution in [0.25, 0.3) is 0 Å². The molecule has 0 saturated heterocycles. The maximum Gasteiger partial charge on any atom is 0.198 e. The molecule has 0 spiro atoms. The molecule has 0 amide bonds. The van der Waals surface area contributed by atoms with E-state index in [-0.39, 0.29) is 23.8 Å². The summed E-state index contributed by atoms with van der Waals surface area (Å²) in [4.78, 5) is 5.55. The second-order valence-electron chi connectivity index (χ2n) is 7.92. The summed E-state index contributed by atoms with van der Waals surface area (Å²) in [5.74, 6) is -0.0681. The predicted molar refractivity (Wildman–Crippen MR) is 96.5 cm³/mol. The van der Waals surface area contributed by atoms with Crippen molar-refractivity contribution in [3.8, 4) is 0 Å². The van der Waals surface area contributed by atoms with Gasteiger partial charge in [-0.15, -0.1) is 0 Å². The molecular formula is C18H31N3O4. The highest BCUT2D eigenvalue weighted by Gasteiger charge is 2.47.